The fraction of sp³-hybridized carbons (Fsp3) is 0.500. The lowest BCUT2D eigenvalue weighted by atomic mass is 9.97. The molecule has 76 valence electrons. The maximum Gasteiger partial charge on any atom is 0.123 e. The Morgan fingerprint density at radius 1 is 1.36 bits per heavy atom. The quantitative estimate of drug-likeness (QED) is 0.761. The predicted molar refractivity (Wildman–Crippen MR) is 55.8 cm³/mol. The van der Waals surface area contributed by atoms with Crippen LogP contribution in [-0.4, -0.2) is 13.1 Å². The van der Waals surface area contributed by atoms with E-state index in [4.69, 9.17) is 0 Å². The Labute approximate surface area is 84.3 Å². The molecule has 2 unspecified atom stereocenters. The molecule has 2 atom stereocenters. The van der Waals surface area contributed by atoms with Crippen molar-refractivity contribution in [2.24, 2.45) is 0 Å². The average molecular weight is 193 g/mol. The van der Waals surface area contributed by atoms with Crippen molar-refractivity contribution in [3.8, 4) is 0 Å². The molecule has 2 rings (SSSR count). The second-order valence-electron chi connectivity index (χ2n) is 4.05. The summed E-state index contributed by atoms with van der Waals surface area (Å²) in [7, 11) is 2.00. The summed E-state index contributed by atoms with van der Waals surface area (Å²) in [6.07, 6.45) is 3.52. The number of benzene rings is 1. The third-order valence-electron chi connectivity index (χ3n) is 3.16. The summed E-state index contributed by atoms with van der Waals surface area (Å²) >= 11 is 0. The molecule has 1 N–H and O–H groups in total. The minimum absolute atomic E-state index is 0.115. The van der Waals surface area contributed by atoms with Crippen LogP contribution in [0.1, 0.15) is 30.7 Å². The highest BCUT2D eigenvalue weighted by molar-refractivity contribution is 5.22. The molecule has 0 amide bonds. The summed E-state index contributed by atoms with van der Waals surface area (Å²) in [4.78, 5) is 0. The predicted octanol–water partition coefficient (Wildman–Crippen LogP) is 2.68. The maximum atomic E-state index is 13.0. The van der Waals surface area contributed by atoms with Crippen LogP contribution in [0.3, 0.4) is 0 Å². The zero-order chi connectivity index (χ0) is 9.97. The van der Waals surface area contributed by atoms with Gasteiger partial charge >= 0.3 is 0 Å². The molecular weight excluding hydrogens is 177 g/mol. The molecule has 1 nitrogen and oxygen atoms in total. The van der Waals surface area contributed by atoms with Gasteiger partial charge in [-0.1, -0.05) is 12.1 Å². The molecule has 1 saturated carbocycles. The van der Waals surface area contributed by atoms with Gasteiger partial charge in [0.1, 0.15) is 5.82 Å². The number of hydrogen-bond acceptors (Lipinski definition) is 1. The van der Waals surface area contributed by atoms with Crippen LogP contribution in [0.15, 0.2) is 24.3 Å². The zero-order valence-corrected chi connectivity index (χ0v) is 8.46. The van der Waals surface area contributed by atoms with Crippen LogP contribution in [-0.2, 0) is 0 Å². The zero-order valence-electron chi connectivity index (χ0n) is 8.46. The van der Waals surface area contributed by atoms with E-state index >= 15 is 0 Å². The van der Waals surface area contributed by atoms with Gasteiger partial charge < -0.3 is 5.32 Å². The van der Waals surface area contributed by atoms with E-state index in [1.165, 1.54) is 18.9 Å². The van der Waals surface area contributed by atoms with Gasteiger partial charge in [0.15, 0.2) is 0 Å². The van der Waals surface area contributed by atoms with Gasteiger partial charge in [-0.15, -0.1) is 0 Å². The average Bonchev–Trinajstić information content (AvgIpc) is 2.66. The van der Waals surface area contributed by atoms with Gasteiger partial charge in [0.05, 0.1) is 0 Å². The first-order chi connectivity index (χ1) is 6.79. The van der Waals surface area contributed by atoms with E-state index in [9.17, 15) is 4.39 Å². The molecule has 1 aromatic carbocycles. The molecule has 1 aliphatic rings. The minimum atomic E-state index is -0.115. The Bertz CT molecular complexity index is 311. The fourth-order valence-corrected chi connectivity index (χ4v) is 2.31. The maximum absolute atomic E-state index is 13.0. The van der Waals surface area contributed by atoms with Crippen molar-refractivity contribution in [2.45, 2.75) is 31.2 Å². The minimum Gasteiger partial charge on any atom is -0.317 e. The number of nitrogens with one attached hydrogen (secondary N) is 1. The van der Waals surface area contributed by atoms with Gasteiger partial charge in [-0.25, -0.2) is 4.39 Å². The first kappa shape index (κ1) is 9.66. The van der Waals surface area contributed by atoms with Crippen molar-refractivity contribution in [1.82, 2.24) is 5.32 Å². The lowest BCUT2D eigenvalue weighted by molar-refractivity contribution is 0.570. The fourth-order valence-electron chi connectivity index (χ4n) is 2.31. The first-order valence-electron chi connectivity index (χ1n) is 5.22. The second-order valence-corrected chi connectivity index (χ2v) is 4.05. The van der Waals surface area contributed by atoms with Crippen molar-refractivity contribution in [3.63, 3.8) is 0 Å². The Hall–Kier alpha value is -0.890. The van der Waals surface area contributed by atoms with E-state index in [1.54, 1.807) is 12.1 Å². The Morgan fingerprint density at radius 3 is 2.86 bits per heavy atom. The first-order valence-corrected chi connectivity index (χ1v) is 5.22. The standard InChI is InChI=1S/C12H16FN/c1-14-12-6-5-10(8-12)9-3-2-4-11(13)7-9/h2-4,7,10,12,14H,5-6,8H2,1H3. The van der Waals surface area contributed by atoms with E-state index < -0.39 is 0 Å². The third kappa shape index (κ3) is 1.95. The van der Waals surface area contributed by atoms with E-state index in [1.807, 2.05) is 13.1 Å². The molecule has 0 aliphatic heterocycles. The van der Waals surface area contributed by atoms with Crippen LogP contribution in [0.4, 0.5) is 4.39 Å². The highest BCUT2D eigenvalue weighted by Crippen LogP contribution is 2.34. The molecule has 2 heteroatoms. The molecule has 14 heavy (non-hydrogen) atoms. The molecule has 0 aromatic heterocycles. The number of hydrogen-bond donors (Lipinski definition) is 1. The van der Waals surface area contributed by atoms with Gasteiger partial charge in [-0.05, 0) is 49.9 Å². The van der Waals surface area contributed by atoms with Gasteiger partial charge in [0, 0.05) is 6.04 Å². The van der Waals surface area contributed by atoms with Crippen molar-refractivity contribution < 1.29 is 4.39 Å². The van der Waals surface area contributed by atoms with Gasteiger partial charge in [0.2, 0.25) is 0 Å². The Kier molecular flexibility index (Phi) is 2.82. The normalized spacial score (nSPS) is 26.7. The molecule has 0 spiro atoms. The lowest BCUT2D eigenvalue weighted by Gasteiger charge is -2.10. The lowest BCUT2D eigenvalue weighted by Crippen LogP contribution is -2.21. The summed E-state index contributed by atoms with van der Waals surface area (Å²) < 4.78 is 13.0. The molecule has 1 aromatic rings. The highest BCUT2D eigenvalue weighted by atomic mass is 19.1. The topological polar surface area (TPSA) is 12.0 Å². The smallest absolute Gasteiger partial charge is 0.123 e. The van der Waals surface area contributed by atoms with Gasteiger partial charge in [0.25, 0.3) is 0 Å². The van der Waals surface area contributed by atoms with Crippen molar-refractivity contribution >= 4 is 0 Å². The van der Waals surface area contributed by atoms with Gasteiger partial charge in [-0.3, -0.25) is 0 Å². The van der Waals surface area contributed by atoms with Crippen LogP contribution in [0, 0.1) is 5.82 Å². The number of halogens is 1. The Balaban J connectivity index is 2.09. The van der Waals surface area contributed by atoms with Crippen LogP contribution in [0.5, 0.6) is 0 Å². The Morgan fingerprint density at radius 2 is 2.21 bits per heavy atom. The molecule has 0 bridgehead atoms. The second kappa shape index (κ2) is 4.09. The highest BCUT2D eigenvalue weighted by Gasteiger charge is 2.24. The van der Waals surface area contributed by atoms with Crippen molar-refractivity contribution in [3.05, 3.63) is 35.6 Å². The summed E-state index contributed by atoms with van der Waals surface area (Å²) in [5.74, 6) is 0.429. The summed E-state index contributed by atoms with van der Waals surface area (Å²) in [6, 6.07) is 7.63. The van der Waals surface area contributed by atoms with Gasteiger partial charge in [-0.2, -0.15) is 0 Å². The molecular formula is C12H16FN. The SMILES string of the molecule is CNC1CCC(c2cccc(F)c2)C1. The molecule has 1 fully saturated rings. The van der Waals surface area contributed by atoms with E-state index in [-0.39, 0.29) is 5.82 Å². The van der Waals surface area contributed by atoms with Crippen LogP contribution in [0.25, 0.3) is 0 Å². The monoisotopic (exact) mass is 193 g/mol. The van der Waals surface area contributed by atoms with Crippen LogP contribution in [0.2, 0.25) is 0 Å². The summed E-state index contributed by atoms with van der Waals surface area (Å²) in [6.45, 7) is 0. The summed E-state index contributed by atoms with van der Waals surface area (Å²) in [5, 5.41) is 3.28. The molecule has 0 heterocycles. The molecule has 1 aliphatic carbocycles. The van der Waals surface area contributed by atoms with Crippen molar-refractivity contribution in [2.75, 3.05) is 7.05 Å². The van der Waals surface area contributed by atoms with Crippen LogP contribution < -0.4 is 5.32 Å². The van der Waals surface area contributed by atoms with Crippen molar-refractivity contribution in [1.29, 1.82) is 0 Å². The molecule has 0 radical (unpaired) electrons. The van der Waals surface area contributed by atoms with E-state index in [2.05, 4.69) is 5.32 Å². The summed E-state index contributed by atoms with van der Waals surface area (Å²) in [5.41, 5.74) is 1.16. The van der Waals surface area contributed by atoms with E-state index in [0.29, 0.717) is 12.0 Å². The largest absolute Gasteiger partial charge is 0.317 e. The molecule has 0 saturated heterocycles. The third-order valence-corrected chi connectivity index (χ3v) is 3.16. The van der Waals surface area contributed by atoms with E-state index in [0.717, 1.165) is 12.0 Å². The number of rotatable bonds is 2. The van der Waals surface area contributed by atoms with Crippen LogP contribution >= 0.6 is 0 Å².